The average molecular weight is 400 g/mol. The molecule has 0 N–H and O–H groups in total. The molecule has 0 bridgehead atoms. The maximum Gasteiger partial charge on any atom is 0.414 e. The molecule has 1 heterocycles. The number of fused-ring (bicyclic) bond motifs is 1. The van der Waals surface area contributed by atoms with Crippen LogP contribution >= 0.6 is 15.9 Å². The highest BCUT2D eigenvalue weighted by atomic mass is 79.9. The quantitative estimate of drug-likeness (QED) is 0.669. The summed E-state index contributed by atoms with van der Waals surface area (Å²) in [5.74, 6) is 0.625. The number of carbonyl (C=O) groups excluding carboxylic acids is 1. The molecule has 25 heavy (non-hydrogen) atoms. The molecule has 0 saturated heterocycles. The van der Waals surface area contributed by atoms with Crippen molar-refractivity contribution in [2.75, 3.05) is 4.90 Å². The Morgan fingerprint density at radius 1 is 1.20 bits per heavy atom. The molecule has 1 saturated carbocycles. The molecule has 1 aliphatic carbocycles. The topological polar surface area (TPSA) is 29.5 Å². The van der Waals surface area contributed by atoms with Crippen LogP contribution in [-0.2, 0) is 17.8 Å². The van der Waals surface area contributed by atoms with E-state index in [0.29, 0.717) is 12.5 Å². The van der Waals surface area contributed by atoms with Gasteiger partial charge >= 0.3 is 6.09 Å². The highest BCUT2D eigenvalue weighted by Gasteiger charge is 2.42. The molecule has 0 aromatic heterocycles. The number of ether oxygens (including phenoxy) is 1. The third-order valence-electron chi connectivity index (χ3n) is 5.19. The maximum atomic E-state index is 13.0. The Kier molecular flexibility index (Phi) is 4.55. The number of benzene rings is 2. The number of carbonyl (C=O) groups is 1. The minimum absolute atomic E-state index is 0.216. The first-order valence-corrected chi connectivity index (χ1v) is 9.71. The van der Waals surface area contributed by atoms with Crippen LogP contribution in [0.4, 0.5) is 10.5 Å². The third-order valence-corrected chi connectivity index (χ3v) is 5.65. The van der Waals surface area contributed by atoms with Crippen molar-refractivity contribution in [3.8, 4) is 0 Å². The van der Waals surface area contributed by atoms with Crippen LogP contribution in [0.5, 0.6) is 0 Å². The fourth-order valence-electron chi connectivity index (χ4n) is 3.88. The largest absolute Gasteiger partial charge is 0.444 e. The van der Waals surface area contributed by atoms with E-state index in [0.717, 1.165) is 34.1 Å². The molecule has 1 amide bonds. The second-order valence-electron chi connectivity index (χ2n) is 7.08. The van der Waals surface area contributed by atoms with E-state index in [4.69, 9.17) is 4.74 Å². The molecular formula is C21H22BrNO2. The summed E-state index contributed by atoms with van der Waals surface area (Å²) >= 11 is 3.58. The highest BCUT2D eigenvalue weighted by molar-refractivity contribution is 9.10. The predicted molar refractivity (Wildman–Crippen MR) is 103 cm³/mol. The Balaban J connectivity index is 1.62. The van der Waals surface area contributed by atoms with Crippen molar-refractivity contribution >= 4 is 27.7 Å². The minimum Gasteiger partial charge on any atom is -0.444 e. The van der Waals surface area contributed by atoms with Gasteiger partial charge in [-0.25, -0.2) is 4.79 Å². The summed E-state index contributed by atoms with van der Waals surface area (Å²) in [5, 5.41) is 0. The zero-order valence-electron chi connectivity index (χ0n) is 14.4. The van der Waals surface area contributed by atoms with Crippen molar-refractivity contribution in [2.45, 2.75) is 45.3 Å². The van der Waals surface area contributed by atoms with Gasteiger partial charge in [-0.05, 0) is 67.3 Å². The summed E-state index contributed by atoms with van der Waals surface area (Å²) in [6.07, 6.45) is 4.27. The zero-order chi connectivity index (χ0) is 17.4. The third kappa shape index (κ3) is 3.45. The monoisotopic (exact) mass is 399 g/mol. The van der Waals surface area contributed by atoms with Crippen LogP contribution < -0.4 is 4.90 Å². The summed E-state index contributed by atoms with van der Waals surface area (Å²) in [6.45, 7) is 2.40. The summed E-state index contributed by atoms with van der Waals surface area (Å²) in [7, 11) is 0. The van der Waals surface area contributed by atoms with E-state index < -0.39 is 0 Å². The molecule has 130 valence electrons. The van der Waals surface area contributed by atoms with Crippen molar-refractivity contribution in [1.82, 2.24) is 0 Å². The smallest absolute Gasteiger partial charge is 0.414 e. The molecular weight excluding hydrogens is 378 g/mol. The van der Waals surface area contributed by atoms with Crippen LogP contribution in [0.3, 0.4) is 0 Å². The Morgan fingerprint density at radius 3 is 2.68 bits per heavy atom. The van der Waals surface area contributed by atoms with E-state index in [-0.39, 0.29) is 12.1 Å². The second-order valence-corrected chi connectivity index (χ2v) is 8.00. The van der Waals surface area contributed by atoms with Crippen LogP contribution in [0, 0.1) is 12.8 Å². The Hall–Kier alpha value is -1.81. The van der Waals surface area contributed by atoms with Gasteiger partial charge < -0.3 is 4.74 Å². The minimum atomic E-state index is -0.216. The molecule has 2 aromatic carbocycles. The van der Waals surface area contributed by atoms with Gasteiger partial charge in [-0.3, -0.25) is 4.90 Å². The lowest BCUT2D eigenvalue weighted by atomic mass is 9.91. The Bertz CT molecular complexity index is 786. The van der Waals surface area contributed by atoms with Crippen LogP contribution in [-0.4, -0.2) is 12.1 Å². The highest BCUT2D eigenvalue weighted by Crippen LogP contribution is 2.45. The number of hydrogen-bond donors (Lipinski definition) is 0. The summed E-state index contributed by atoms with van der Waals surface area (Å²) in [4.78, 5) is 15.0. The average Bonchev–Trinajstić information content (AvgIpc) is 3.44. The fraction of sp³-hybridized carbons (Fsp3) is 0.381. The zero-order valence-corrected chi connectivity index (χ0v) is 16.0. The van der Waals surface area contributed by atoms with Crippen LogP contribution in [0.25, 0.3) is 0 Å². The molecule has 1 unspecified atom stereocenters. The SMILES string of the molecule is Cc1cc(Br)cc2c1N(C(=O)OCc1ccccc1)C(C1CC1)CC2. The molecule has 3 nitrogen and oxygen atoms in total. The lowest BCUT2D eigenvalue weighted by Gasteiger charge is -2.38. The number of nitrogens with zero attached hydrogens (tertiary/aromatic N) is 1. The normalized spacial score (nSPS) is 19.4. The number of anilines is 1. The van der Waals surface area contributed by atoms with Gasteiger partial charge in [0, 0.05) is 10.5 Å². The molecule has 1 fully saturated rings. The number of halogens is 1. The van der Waals surface area contributed by atoms with Gasteiger partial charge in [0.25, 0.3) is 0 Å². The van der Waals surface area contributed by atoms with Crippen LogP contribution in [0.1, 0.15) is 36.0 Å². The predicted octanol–water partition coefficient (Wildman–Crippen LogP) is 5.63. The maximum absolute atomic E-state index is 13.0. The second kappa shape index (κ2) is 6.83. The lowest BCUT2D eigenvalue weighted by Crippen LogP contribution is -2.45. The number of amides is 1. The van der Waals surface area contributed by atoms with Gasteiger partial charge in [-0.15, -0.1) is 0 Å². The molecule has 0 radical (unpaired) electrons. The van der Waals surface area contributed by atoms with Gasteiger partial charge in [-0.2, -0.15) is 0 Å². The molecule has 4 heteroatoms. The van der Waals surface area contributed by atoms with E-state index in [1.54, 1.807) is 0 Å². The van der Waals surface area contributed by atoms with Crippen molar-refractivity contribution in [3.05, 3.63) is 63.6 Å². The van der Waals surface area contributed by atoms with Gasteiger partial charge in [0.15, 0.2) is 0 Å². The molecule has 2 aliphatic rings. The molecule has 2 aromatic rings. The number of aryl methyl sites for hydroxylation is 2. The van der Waals surface area contributed by atoms with Crippen molar-refractivity contribution < 1.29 is 9.53 Å². The van der Waals surface area contributed by atoms with Crippen molar-refractivity contribution in [1.29, 1.82) is 0 Å². The van der Waals surface area contributed by atoms with E-state index in [9.17, 15) is 4.79 Å². The van der Waals surface area contributed by atoms with Crippen LogP contribution in [0.15, 0.2) is 46.9 Å². The number of hydrogen-bond acceptors (Lipinski definition) is 2. The summed E-state index contributed by atoms with van der Waals surface area (Å²) < 4.78 is 6.77. The van der Waals surface area contributed by atoms with Gasteiger partial charge in [0.2, 0.25) is 0 Å². The fourth-order valence-corrected chi connectivity index (χ4v) is 4.50. The summed E-state index contributed by atoms with van der Waals surface area (Å²) in [6, 6.07) is 14.4. The summed E-state index contributed by atoms with van der Waals surface area (Å²) in [5.41, 5.74) is 4.44. The first-order chi connectivity index (χ1) is 12.1. The van der Waals surface area contributed by atoms with E-state index in [2.05, 4.69) is 35.0 Å². The van der Waals surface area contributed by atoms with E-state index in [1.807, 2.05) is 35.2 Å². The van der Waals surface area contributed by atoms with Crippen LogP contribution in [0.2, 0.25) is 0 Å². The van der Waals surface area contributed by atoms with Gasteiger partial charge in [-0.1, -0.05) is 46.3 Å². The van der Waals surface area contributed by atoms with Gasteiger partial charge in [0.1, 0.15) is 6.61 Å². The first kappa shape index (κ1) is 16.6. The molecule has 0 spiro atoms. The van der Waals surface area contributed by atoms with E-state index >= 15 is 0 Å². The standard InChI is InChI=1S/C21H22BrNO2/c1-14-11-18(22)12-17-9-10-19(16-7-8-16)23(20(14)17)21(24)25-13-15-5-3-2-4-6-15/h2-6,11-12,16,19H,7-10,13H2,1H3. The Labute approximate surface area is 157 Å². The van der Waals surface area contributed by atoms with Crippen molar-refractivity contribution in [3.63, 3.8) is 0 Å². The van der Waals surface area contributed by atoms with E-state index in [1.165, 1.54) is 18.4 Å². The molecule has 1 atom stereocenters. The van der Waals surface area contributed by atoms with Crippen molar-refractivity contribution in [2.24, 2.45) is 5.92 Å². The number of rotatable bonds is 3. The lowest BCUT2D eigenvalue weighted by molar-refractivity contribution is 0.142. The first-order valence-electron chi connectivity index (χ1n) is 8.92. The Morgan fingerprint density at radius 2 is 1.96 bits per heavy atom. The molecule has 4 rings (SSSR count). The van der Waals surface area contributed by atoms with Gasteiger partial charge in [0.05, 0.1) is 5.69 Å². The molecule has 1 aliphatic heterocycles.